The molecule has 0 radical (unpaired) electrons. The SMILES string of the molecule is CC(=O)c1sc(NC(=O)C(C)Oc2ccc(F)cc2)nc1-c1ccccc1. The molecule has 1 unspecified atom stereocenters. The highest BCUT2D eigenvalue weighted by atomic mass is 32.1. The van der Waals surface area contributed by atoms with Crippen LogP contribution in [0.15, 0.2) is 54.6 Å². The maximum atomic E-state index is 12.9. The lowest BCUT2D eigenvalue weighted by Crippen LogP contribution is -2.30. The molecule has 1 heterocycles. The molecule has 3 rings (SSSR count). The van der Waals surface area contributed by atoms with Crippen molar-refractivity contribution < 1.29 is 18.7 Å². The second-order valence-corrected chi connectivity index (χ2v) is 6.82. The highest BCUT2D eigenvalue weighted by molar-refractivity contribution is 7.18. The van der Waals surface area contributed by atoms with Crippen LogP contribution in [-0.4, -0.2) is 22.8 Å². The fourth-order valence-electron chi connectivity index (χ4n) is 2.38. The van der Waals surface area contributed by atoms with Gasteiger partial charge in [-0.3, -0.25) is 14.9 Å². The number of carbonyl (C=O) groups excluding carboxylic acids is 2. The number of anilines is 1. The van der Waals surface area contributed by atoms with Crippen molar-refractivity contribution in [2.24, 2.45) is 0 Å². The zero-order valence-corrected chi connectivity index (χ0v) is 15.5. The Bertz CT molecular complexity index is 955. The number of thiazole rings is 1. The van der Waals surface area contributed by atoms with E-state index in [9.17, 15) is 14.0 Å². The molecule has 0 fully saturated rings. The third-order valence-electron chi connectivity index (χ3n) is 3.72. The van der Waals surface area contributed by atoms with Crippen molar-refractivity contribution in [1.82, 2.24) is 4.98 Å². The van der Waals surface area contributed by atoms with Gasteiger partial charge < -0.3 is 4.74 Å². The first-order valence-electron chi connectivity index (χ1n) is 8.24. The standard InChI is InChI=1S/C20H17FN2O3S/c1-12(24)18-17(14-6-4-3-5-7-14)22-20(27-18)23-19(25)13(2)26-16-10-8-15(21)9-11-16/h3-11,13H,1-2H3,(H,22,23,25). The number of halogens is 1. The average Bonchev–Trinajstić information content (AvgIpc) is 3.08. The Kier molecular flexibility index (Phi) is 5.61. The van der Waals surface area contributed by atoms with Crippen LogP contribution in [-0.2, 0) is 4.79 Å². The number of hydrogen-bond donors (Lipinski definition) is 1. The molecule has 1 atom stereocenters. The summed E-state index contributed by atoms with van der Waals surface area (Å²) in [5.74, 6) is -0.537. The summed E-state index contributed by atoms with van der Waals surface area (Å²) in [4.78, 5) is 29.2. The van der Waals surface area contributed by atoms with Crippen LogP contribution in [0.1, 0.15) is 23.5 Å². The molecule has 5 nitrogen and oxygen atoms in total. The molecule has 7 heteroatoms. The lowest BCUT2D eigenvalue weighted by molar-refractivity contribution is -0.122. The van der Waals surface area contributed by atoms with Crippen LogP contribution in [0.5, 0.6) is 5.75 Å². The van der Waals surface area contributed by atoms with Crippen LogP contribution in [0.2, 0.25) is 0 Å². The molecule has 0 bridgehead atoms. The molecule has 0 saturated heterocycles. The van der Waals surface area contributed by atoms with Crippen molar-refractivity contribution in [2.75, 3.05) is 5.32 Å². The summed E-state index contributed by atoms with van der Waals surface area (Å²) in [7, 11) is 0. The van der Waals surface area contributed by atoms with E-state index in [0.717, 1.165) is 16.9 Å². The number of rotatable bonds is 6. The van der Waals surface area contributed by atoms with E-state index in [-0.39, 0.29) is 11.6 Å². The van der Waals surface area contributed by atoms with Gasteiger partial charge in [-0.15, -0.1) is 0 Å². The zero-order valence-electron chi connectivity index (χ0n) is 14.7. The first-order valence-corrected chi connectivity index (χ1v) is 9.06. The molecule has 1 amide bonds. The summed E-state index contributed by atoms with van der Waals surface area (Å²) in [5, 5.41) is 2.99. The monoisotopic (exact) mass is 384 g/mol. The first-order chi connectivity index (χ1) is 12.9. The van der Waals surface area contributed by atoms with E-state index >= 15 is 0 Å². The molecule has 3 aromatic rings. The second kappa shape index (κ2) is 8.09. The second-order valence-electron chi connectivity index (χ2n) is 5.82. The number of amides is 1. The van der Waals surface area contributed by atoms with E-state index in [4.69, 9.17) is 4.74 Å². The van der Waals surface area contributed by atoms with E-state index in [1.54, 1.807) is 6.92 Å². The topological polar surface area (TPSA) is 68.3 Å². The van der Waals surface area contributed by atoms with Crippen LogP contribution in [0, 0.1) is 5.82 Å². The highest BCUT2D eigenvalue weighted by Crippen LogP contribution is 2.31. The largest absolute Gasteiger partial charge is 0.481 e. The molecule has 2 aromatic carbocycles. The minimum atomic E-state index is -0.819. The quantitative estimate of drug-likeness (QED) is 0.633. The Labute approximate surface area is 159 Å². The van der Waals surface area contributed by atoms with Crippen LogP contribution in [0.25, 0.3) is 11.3 Å². The summed E-state index contributed by atoms with van der Waals surface area (Å²) in [5.41, 5.74) is 1.34. The number of nitrogens with one attached hydrogen (secondary N) is 1. The minimum Gasteiger partial charge on any atom is -0.481 e. The van der Waals surface area contributed by atoms with Gasteiger partial charge in [-0.05, 0) is 31.2 Å². The van der Waals surface area contributed by atoms with Crippen LogP contribution >= 0.6 is 11.3 Å². The smallest absolute Gasteiger partial charge is 0.266 e. The van der Waals surface area contributed by atoms with Gasteiger partial charge >= 0.3 is 0 Å². The molecule has 0 saturated carbocycles. The maximum Gasteiger partial charge on any atom is 0.266 e. The van der Waals surface area contributed by atoms with Crippen molar-refractivity contribution in [1.29, 1.82) is 0 Å². The molecular weight excluding hydrogens is 367 g/mol. The molecular formula is C20H17FN2O3S. The number of carbonyl (C=O) groups is 2. The summed E-state index contributed by atoms with van der Waals surface area (Å²) >= 11 is 1.12. The Hall–Kier alpha value is -3.06. The fourth-order valence-corrected chi connectivity index (χ4v) is 3.27. The van der Waals surface area contributed by atoms with Crippen molar-refractivity contribution in [2.45, 2.75) is 20.0 Å². The van der Waals surface area contributed by atoms with Gasteiger partial charge in [0.1, 0.15) is 11.6 Å². The van der Waals surface area contributed by atoms with E-state index in [2.05, 4.69) is 10.3 Å². The van der Waals surface area contributed by atoms with Gasteiger partial charge in [0, 0.05) is 12.5 Å². The van der Waals surface area contributed by atoms with Gasteiger partial charge in [0.25, 0.3) is 5.91 Å². The Morgan fingerprint density at radius 2 is 1.78 bits per heavy atom. The van der Waals surface area contributed by atoms with Gasteiger partial charge in [-0.1, -0.05) is 41.7 Å². The zero-order chi connectivity index (χ0) is 19.4. The molecule has 0 spiro atoms. The van der Waals surface area contributed by atoms with Gasteiger partial charge in [0.05, 0.1) is 10.6 Å². The Morgan fingerprint density at radius 1 is 1.11 bits per heavy atom. The minimum absolute atomic E-state index is 0.123. The third-order valence-corrected chi connectivity index (χ3v) is 4.79. The van der Waals surface area contributed by atoms with E-state index in [1.807, 2.05) is 30.3 Å². The molecule has 0 aliphatic rings. The molecule has 0 aliphatic carbocycles. The van der Waals surface area contributed by atoms with Gasteiger partial charge in [0.15, 0.2) is 17.0 Å². The number of benzene rings is 2. The number of aromatic nitrogens is 1. The van der Waals surface area contributed by atoms with E-state index in [1.165, 1.54) is 31.2 Å². The molecule has 138 valence electrons. The number of hydrogen-bond acceptors (Lipinski definition) is 5. The summed E-state index contributed by atoms with van der Waals surface area (Å²) in [6.07, 6.45) is -0.819. The first kappa shape index (κ1) is 18.7. The van der Waals surface area contributed by atoms with Crippen LogP contribution in [0.3, 0.4) is 0 Å². The Balaban J connectivity index is 1.75. The molecule has 1 aromatic heterocycles. The molecule has 27 heavy (non-hydrogen) atoms. The van der Waals surface area contributed by atoms with Crippen LogP contribution in [0.4, 0.5) is 9.52 Å². The molecule has 1 N–H and O–H groups in total. The normalized spacial score (nSPS) is 11.7. The predicted molar refractivity (Wildman–Crippen MR) is 103 cm³/mol. The van der Waals surface area contributed by atoms with Crippen molar-refractivity contribution in [3.63, 3.8) is 0 Å². The lowest BCUT2D eigenvalue weighted by Gasteiger charge is -2.13. The molecule has 0 aliphatic heterocycles. The number of ketones is 1. The van der Waals surface area contributed by atoms with E-state index < -0.39 is 12.0 Å². The van der Waals surface area contributed by atoms with Gasteiger partial charge in [-0.25, -0.2) is 9.37 Å². The van der Waals surface area contributed by atoms with Gasteiger partial charge in [0.2, 0.25) is 0 Å². The maximum absolute atomic E-state index is 12.9. The number of nitrogens with zero attached hydrogens (tertiary/aromatic N) is 1. The third kappa shape index (κ3) is 4.57. The fraction of sp³-hybridized carbons (Fsp3) is 0.150. The predicted octanol–water partition coefficient (Wildman–Crippen LogP) is 4.56. The summed E-state index contributed by atoms with van der Waals surface area (Å²) in [6, 6.07) is 14.7. The van der Waals surface area contributed by atoms with Crippen LogP contribution < -0.4 is 10.1 Å². The van der Waals surface area contributed by atoms with Gasteiger partial charge in [-0.2, -0.15) is 0 Å². The van der Waals surface area contributed by atoms with Crippen molar-refractivity contribution in [3.05, 3.63) is 65.3 Å². The van der Waals surface area contributed by atoms with E-state index in [0.29, 0.717) is 21.5 Å². The Morgan fingerprint density at radius 3 is 2.41 bits per heavy atom. The average molecular weight is 384 g/mol. The summed E-state index contributed by atoms with van der Waals surface area (Å²) in [6.45, 7) is 3.04. The number of Topliss-reactive ketones (excluding diaryl/α,β-unsaturated/α-hetero) is 1. The lowest BCUT2D eigenvalue weighted by atomic mass is 10.1. The number of ether oxygens (including phenoxy) is 1. The van der Waals surface area contributed by atoms with Crippen molar-refractivity contribution in [3.8, 4) is 17.0 Å². The summed E-state index contributed by atoms with van der Waals surface area (Å²) < 4.78 is 18.4. The highest BCUT2D eigenvalue weighted by Gasteiger charge is 2.20. The van der Waals surface area contributed by atoms with Crippen molar-refractivity contribution >= 4 is 28.2 Å².